The van der Waals surface area contributed by atoms with Crippen LogP contribution in [0.5, 0.6) is 0 Å². The molecule has 0 N–H and O–H groups in total. The van der Waals surface area contributed by atoms with Gasteiger partial charge in [0.2, 0.25) is 0 Å². The molecule has 10 heteroatoms. The van der Waals surface area contributed by atoms with Gasteiger partial charge in [0, 0.05) is 172 Å². The molecule has 0 atom stereocenters. The average Bonchev–Trinajstić information content (AvgIpc) is 1.56. The van der Waals surface area contributed by atoms with Crippen LogP contribution in [0.25, 0.3) is 239 Å². The summed E-state index contributed by atoms with van der Waals surface area (Å²) in [6.07, 6.45) is 0. The highest BCUT2D eigenvalue weighted by molar-refractivity contribution is 7.26. The number of hydrogen-bond acceptors (Lipinski definition) is 3. The molecular formula is C117H79N7O2S. The smallest absolute Gasteiger partial charge is 0.145 e. The van der Waals surface area contributed by atoms with E-state index in [1.54, 1.807) is 0 Å². The molecule has 0 aliphatic heterocycles. The third kappa shape index (κ3) is 11.3. The number of rotatable bonds is 4. The Labute approximate surface area is 732 Å². The number of para-hydroxylation sites is 13. The average molecular weight is 1650 g/mol. The van der Waals surface area contributed by atoms with Crippen LogP contribution in [0.4, 0.5) is 0 Å². The van der Waals surface area contributed by atoms with E-state index in [-0.39, 0.29) is 0 Å². The number of thiophene rings is 1. The second-order valence-corrected chi connectivity index (χ2v) is 34.0. The van der Waals surface area contributed by atoms with Crippen LogP contribution in [0.2, 0.25) is 0 Å². The molecule has 127 heavy (non-hydrogen) atoms. The topological polar surface area (TPSA) is 60.8 Å². The van der Waals surface area contributed by atoms with Crippen molar-refractivity contribution in [1.82, 2.24) is 32.0 Å². The normalized spacial score (nSPS) is 11.9. The predicted octanol–water partition coefficient (Wildman–Crippen LogP) is 31.9. The van der Waals surface area contributed by atoms with Crippen molar-refractivity contribution >= 4 is 228 Å². The lowest BCUT2D eigenvalue weighted by Crippen LogP contribution is -1.94. The van der Waals surface area contributed by atoms with Gasteiger partial charge < -0.3 is 40.8 Å². The van der Waals surface area contributed by atoms with Gasteiger partial charge in [-0.15, -0.1) is 11.3 Å². The molecule has 9 nitrogen and oxygen atoms in total. The monoisotopic (exact) mass is 1650 g/mol. The summed E-state index contributed by atoms with van der Waals surface area (Å²) in [6, 6.07) is 151. The highest BCUT2D eigenvalue weighted by Crippen LogP contribution is 2.48. The Morgan fingerprint density at radius 3 is 0.976 bits per heavy atom. The number of nitrogens with zero attached hydrogens (tertiary/aromatic N) is 7. The first-order valence-corrected chi connectivity index (χ1v) is 44.1. The van der Waals surface area contributed by atoms with Crippen LogP contribution in [0.1, 0.15) is 0 Å². The maximum Gasteiger partial charge on any atom is 0.145 e. The summed E-state index contributed by atoms with van der Waals surface area (Å²) in [7, 11) is 6.43. The summed E-state index contributed by atoms with van der Waals surface area (Å²) in [5, 5.41) is 25.6. The fourth-order valence-electron chi connectivity index (χ4n) is 20.8. The van der Waals surface area contributed by atoms with E-state index in [2.05, 4.69) is 453 Å². The van der Waals surface area contributed by atoms with E-state index in [0.717, 1.165) is 22.3 Å². The van der Waals surface area contributed by atoms with E-state index in [0.29, 0.717) is 0 Å². The number of benzene rings is 19. The molecule has 0 aliphatic carbocycles. The van der Waals surface area contributed by atoms with Gasteiger partial charge in [0.05, 0.1) is 66.1 Å². The Bertz CT molecular complexity index is 9140. The molecule has 0 saturated heterocycles. The quantitative estimate of drug-likeness (QED) is 0.176. The van der Waals surface area contributed by atoms with Crippen LogP contribution in [0, 0.1) is 0 Å². The van der Waals surface area contributed by atoms with Crippen molar-refractivity contribution in [3.05, 3.63) is 425 Å². The molecule has 10 heterocycles. The van der Waals surface area contributed by atoms with Crippen LogP contribution in [0.15, 0.2) is 433 Å². The van der Waals surface area contributed by atoms with Gasteiger partial charge in [0.1, 0.15) is 22.3 Å². The number of aryl methyl sites for hydroxylation is 3. The van der Waals surface area contributed by atoms with Crippen LogP contribution < -0.4 is 0 Å². The molecule has 0 fully saturated rings. The lowest BCUT2D eigenvalue weighted by Gasteiger charge is -2.09. The van der Waals surface area contributed by atoms with Gasteiger partial charge >= 0.3 is 0 Å². The molecule has 10 aromatic heterocycles. The fraction of sp³-hybridized carbons (Fsp3) is 0.0256. The maximum absolute atomic E-state index is 6.17. The lowest BCUT2D eigenvalue weighted by atomic mass is 10.1. The maximum atomic E-state index is 6.17. The van der Waals surface area contributed by atoms with Gasteiger partial charge in [0.25, 0.3) is 0 Å². The third-order valence-corrected chi connectivity index (χ3v) is 27.5. The van der Waals surface area contributed by atoms with E-state index in [1.165, 1.54) is 217 Å². The lowest BCUT2D eigenvalue weighted by molar-refractivity contribution is 0.669. The van der Waals surface area contributed by atoms with Crippen molar-refractivity contribution < 1.29 is 8.83 Å². The summed E-state index contributed by atoms with van der Waals surface area (Å²) >= 11 is 1.91. The molecule has 0 spiro atoms. The summed E-state index contributed by atoms with van der Waals surface area (Å²) in [5.41, 5.74) is 26.1. The molecule has 0 amide bonds. The van der Waals surface area contributed by atoms with E-state index >= 15 is 0 Å². The van der Waals surface area contributed by atoms with E-state index < -0.39 is 0 Å². The van der Waals surface area contributed by atoms with E-state index in [1.807, 2.05) is 35.6 Å². The van der Waals surface area contributed by atoms with Crippen molar-refractivity contribution in [1.29, 1.82) is 0 Å². The summed E-state index contributed by atoms with van der Waals surface area (Å²) < 4.78 is 31.4. The van der Waals surface area contributed by atoms with Crippen LogP contribution in [0.3, 0.4) is 0 Å². The minimum Gasteiger partial charge on any atom is -0.456 e. The molecule has 0 aliphatic rings. The second-order valence-electron chi connectivity index (χ2n) is 33.0. The van der Waals surface area contributed by atoms with Crippen molar-refractivity contribution in [3.63, 3.8) is 0 Å². The van der Waals surface area contributed by atoms with Crippen molar-refractivity contribution in [2.24, 2.45) is 21.1 Å². The van der Waals surface area contributed by atoms with Gasteiger partial charge in [-0.2, -0.15) is 0 Å². The van der Waals surface area contributed by atoms with Crippen molar-refractivity contribution in [2.45, 2.75) is 0 Å². The number of aromatic nitrogens is 7. The van der Waals surface area contributed by atoms with E-state index in [9.17, 15) is 0 Å². The molecule has 0 radical (unpaired) electrons. The second kappa shape index (κ2) is 29.4. The zero-order valence-corrected chi connectivity index (χ0v) is 70.6. The first-order chi connectivity index (χ1) is 62.9. The third-order valence-electron chi connectivity index (χ3n) is 26.3. The van der Waals surface area contributed by atoms with Gasteiger partial charge in [-0.1, -0.05) is 267 Å². The molecular weight excluding hydrogens is 1570 g/mol. The van der Waals surface area contributed by atoms with Gasteiger partial charge in [0.15, 0.2) is 0 Å². The minimum absolute atomic E-state index is 0.937. The summed E-state index contributed by atoms with van der Waals surface area (Å²) in [5.74, 6) is 0. The minimum atomic E-state index is 0.937. The van der Waals surface area contributed by atoms with Crippen LogP contribution in [-0.4, -0.2) is 32.0 Å². The Hall–Kier alpha value is -16.4. The highest BCUT2D eigenvalue weighted by Gasteiger charge is 2.25. The molecule has 0 unspecified atom stereocenters. The SMILES string of the molecule is Cn1c2ccccc2c2c1ccc1c3ccccc3n(-c3ccccc3)c12.Cn1c2ccccc2c2c3oc4ccccc4c3ccc21.Cn1c2ccccc2c2c3sc4ccccc4c3ccc21.c1ccc(-n2c3ccccc3c3c4c(ccc32)oc2ccccc24)cc1.c1ccc(-n2c3ccccc3c3c4c5ccccc5n(-c5ccccc5)c4ccc32)cc1. The molecule has 19 aromatic carbocycles. The number of fused-ring (bicyclic) bond motifs is 35. The predicted molar refractivity (Wildman–Crippen MR) is 539 cm³/mol. The molecule has 600 valence electrons. The first-order valence-electron chi connectivity index (χ1n) is 43.3. The molecule has 0 saturated carbocycles. The Morgan fingerprint density at radius 2 is 0.488 bits per heavy atom. The van der Waals surface area contributed by atoms with Crippen LogP contribution in [-0.2, 0) is 21.1 Å². The molecule has 29 aromatic rings. The summed E-state index contributed by atoms with van der Waals surface area (Å²) in [4.78, 5) is 0. The summed E-state index contributed by atoms with van der Waals surface area (Å²) in [6.45, 7) is 0. The Morgan fingerprint density at radius 1 is 0.173 bits per heavy atom. The standard InChI is InChI=1S/C30H20N2.C25H18N2.C24H15NO.C19H13NO.C19H13NS/c1-3-11-21(12-4-1)31-25-17-9-7-15-23(25)29-27(31)19-20-28-30(29)24-16-8-10-18-26(24)32(28)22-13-5-2-6-14-22;1-26-21-13-7-6-12-20(21)24-23(26)16-15-19-18-11-5-8-14-22(18)27(25(19)24)17-9-3-2-4-10-17;1-2-8-16(9-3-1)25-19-12-6-4-10-17(19)23-20(25)14-15-22-24(23)18-11-5-7-13-21(18)26-22;2*1-20-15-8-4-2-7-14(15)18-16(20)11-10-13-12-6-3-5-9-17(12)21-19(13)18/h1-20H;2-16H,1H3;1-15H;2*2-11H,1H3. The number of furan rings is 2. The van der Waals surface area contributed by atoms with Gasteiger partial charge in [-0.3, -0.25) is 0 Å². The largest absolute Gasteiger partial charge is 0.456 e. The Kier molecular flexibility index (Phi) is 17.0. The van der Waals surface area contributed by atoms with Gasteiger partial charge in [-0.05, 0) is 158 Å². The fourth-order valence-corrected chi connectivity index (χ4v) is 22.0. The Balaban J connectivity index is 0.0000000870. The van der Waals surface area contributed by atoms with Gasteiger partial charge in [-0.25, -0.2) is 0 Å². The van der Waals surface area contributed by atoms with Crippen molar-refractivity contribution in [2.75, 3.05) is 0 Å². The highest BCUT2D eigenvalue weighted by atomic mass is 32.1. The van der Waals surface area contributed by atoms with Crippen LogP contribution >= 0.6 is 11.3 Å². The van der Waals surface area contributed by atoms with Crippen molar-refractivity contribution in [3.8, 4) is 22.7 Å². The molecule has 29 rings (SSSR count). The first kappa shape index (κ1) is 73.3. The molecule has 0 bridgehead atoms. The number of hydrogen-bond donors (Lipinski definition) is 0. The van der Waals surface area contributed by atoms with E-state index in [4.69, 9.17) is 8.83 Å². The zero-order chi connectivity index (χ0) is 84.1. The zero-order valence-electron chi connectivity index (χ0n) is 69.8.